The summed E-state index contributed by atoms with van der Waals surface area (Å²) in [4.78, 5) is 2.74. The van der Waals surface area contributed by atoms with Crippen molar-refractivity contribution in [3.8, 4) is 0 Å². The summed E-state index contributed by atoms with van der Waals surface area (Å²) in [5, 5.41) is 3.76. The molecule has 1 aliphatic heterocycles. The Morgan fingerprint density at radius 2 is 1.88 bits per heavy atom. The second kappa shape index (κ2) is 5.05. The van der Waals surface area contributed by atoms with E-state index in [2.05, 4.69) is 31.0 Å². The summed E-state index contributed by atoms with van der Waals surface area (Å²) in [6.07, 6.45) is 7.03. The monoisotopic (exact) mass is 224 g/mol. The van der Waals surface area contributed by atoms with Crippen LogP contribution in [0, 0.1) is 5.41 Å². The van der Waals surface area contributed by atoms with Crippen LogP contribution in [0.1, 0.15) is 52.9 Å². The lowest BCUT2D eigenvalue weighted by Gasteiger charge is -2.48. The van der Waals surface area contributed by atoms with Crippen LogP contribution in [0.2, 0.25) is 0 Å². The van der Waals surface area contributed by atoms with E-state index in [1.165, 1.54) is 45.2 Å². The predicted octanol–water partition coefficient (Wildman–Crippen LogP) is 2.64. The average molecular weight is 224 g/mol. The molecule has 1 saturated heterocycles. The van der Waals surface area contributed by atoms with Crippen LogP contribution in [-0.2, 0) is 0 Å². The normalized spacial score (nSPS) is 35.4. The Hall–Kier alpha value is -0.0800. The van der Waals surface area contributed by atoms with Crippen LogP contribution in [0.5, 0.6) is 0 Å². The van der Waals surface area contributed by atoms with Crippen LogP contribution in [-0.4, -0.2) is 36.6 Å². The molecule has 2 atom stereocenters. The standard InChI is InChI=1S/C14H28N2/c1-4-15-13-12(16-10-5-6-11-16)8-7-9-14(13,2)3/h12-13,15H,4-11H2,1-3H3. The molecule has 1 N–H and O–H groups in total. The van der Waals surface area contributed by atoms with Gasteiger partial charge in [-0.2, -0.15) is 0 Å². The maximum Gasteiger partial charge on any atom is 0.0274 e. The third-order valence-corrected chi connectivity index (χ3v) is 4.58. The molecule has 2 fully saturated rings. The highest BCUT2D eigenvalue weighted by atomic mass is 15.2. The van der Waals surface area contributed by atoms with Crippen LogP contribution >= 0.6 is 0 Å². The van der Waals surface area contributed by atoms with Gasteiger partial charge < -0.3 is 5.32 Å². The van der Waals surface area contributed by atoms with E-state index >= 15 is 0 Å². The number of likely N-dealkylation sites (tertiary alicyclic amines) is 1. The zero-order valence-corrected chi connectivity index (χ0v) is 11.3. The Bertz CT molecular complexity index is 219. The van der Waals surface area contributed by atoms with Gasteiger partial charge in [-0.1, -0.05) is 27.2 Å². The zero-order valence-electron chi connectivity index (χ0n) is 11.3. The number of hydrogen-bond donors (Lipinski definition) is 1. The molecule has 0 radical (unpaired) electrons. The van der Waals surface area contributed by atoms with Crippen LogP contribution in [0.15, 0.2) is 0 Å². The van der Waals surface area contributed by atoms with E-state index in [-0.39, 0.29) is 0 Å². The van der Waals surface area contributed by atoms with E-state index in [9.17, 15) is 0 Å². The van der Waals surface area contributed by atoms with Gasteiger partial charge in [0.25, 0.3) is 0 Å². The summed E-state index contributed by atoms with van der Waals surface area (Å²) >= 11 is 0. The van der Waals surface area contributed by atoms with Crippen LogP contribution in [0.3, 0.4) is 0 Å². The van der Waals surface area contributed by atoms with Crippen molar-refractivity contribution in [3.63, 3.8) is 0 Å². The Morgan fingerprint density at radius 1 is 1.19 bits per heavy atom. The quantitative estimate of drug-likeness (QED) is 0.793. The SMILES string of the molecule is CCNC1C(N2CCCC2)CCCC1(C)C. The first-order chi connectivity index (χ1) is 7.65. The lowest BCUT2D eigenvalue weighted by molar-refractivity contribution is 0.0626. The molecule has 0 bridgehead atoms. The Morgan fingerprint density at radius 3 is 2.50 bits per heavy atom. The number of nitrogens with one attached hydrogen (secondary N) is 1. The molecule has 2 unspecified atom stereocenters. The molecule has 0 spiro atoms. The third kappa shape index (κ3) is 2.43. The highest BCUT2D eigenvalue weighted by molar-refractivity contribution is 4.98. The molecule has 2 nitrogen and oxygen atoms in total. The van der Waals surface area contributed by atoms with Crippen molar-refractivity contribution in [2.75, 3.05) is 19.6 Å². The summed E-state index contributed by atoms with van der Waals surface area (Å²) in [7, 11) is 0. The zero-order chi connectivity index (χ0) is 11.6. The molecule has 16 heavy (non-hydrogen) atoms. The van der Waals surface area contributed by atoms with Gasteiger partial charge >= 0.3 is 0 Å². The highest BCUT2D eigenvalue weighted by Crippen LogP contribution is 2.38. The fourth-order valence-corrected chi connectivity index (χ4v) is 3.71. The molecule has 2 aliphatic rings. The topological polar surface area (TPSA) is 15.3 Å². The smallest absolute Gasteiger partial charge is 0.0274 e. The molecular formula is C14H28N2. The second-order valence-corrected chi connectivity index (χ2v) is 6.23. The van der Waals surface area contributed by atoms with E-state index in [1.807, 2.05) is 0 Å². The minimum atomic E-state index is 0.474. The van der Waals surface area contributed by atoms with Gasteiger partial charge in [-0.3, -0.25) is 4.90 Å². The van der Waals surface area contributed by atoms with Crippen molar-refractivity contribution < 1.29 is 0 Å². The molecular weight excluding hydrogens is 196 g/mol. The van der Waals surface area contributed by atoms with Crippen molar-refractivity contribution in [1.29, 1.82) is 0 Å². The van der Waals surface area contributed by atoms with Crippen molar-refractivity contribution >= 4 is 0 Å². The van der Waals surface area contributed by atoms with Gasteiger partial charge in [0.2, 0.25) is 0 Å². The van der Waals surface area contributed by atoms with E-state index in [0.29, 0.717) is 11.5 Å². The number of nitrogens with zero attached hydrogens (tertiary/aromatic N) is 1. The first-order valence-electron chi connectivity index (χ1n) is 7.12. The third-order valence-electron chi connectivity index (χ3n) is 4.58. The molecule has 0 aromatic rings. The first kappa shape index (κ1) is 12.4. The van der Waals surface area contributed by atoms with Gasteiger partial charge in [0.1, 0.15) is 0 Å². The second-order valence-electron chi connectivity index (χ2n) is 6.23. The minimum absolute atomic E-state index is 0.474. The lowest BCUT2D eigenvalue weighted by Crippen LogP contribution is -2.58. The van der Waals surface area contributed by atoms with E-state index < -0.39 is 0 Å². The van der Waals surface area contributed by atoms with Crippen LogP contribution < -0.4 is 5.32 Å². The van der Waals surface area contributed by atoms with Gasteiger partial charge in [0, 0.05) is 12.1 Å². The van der Waals surface area contributed by atoms with Crippen molar-refractivity contribution in [2.45, 2.75) is 65.0 Å². The van der Waals surface area contributed by atoms with Crippen molar-refractivity contribution in [2.24, 2.45) is 5.41 Å². The average Bonchev–Trinajstić information content (AvgIpc) is 2.74. The van der Waals surface area contributed by atoms with Gasteiger partial charge in [0.15, 0.2) is 0 Å². The van der Waals surface area contributed by atoms with E-state index in [4.69, 9.17) is 0 Å². The van der Waals surface area contributed by atoms with Gasteiger partial charge in [-0.05, 0) is 50.7 Å². The van der Waals surface area contributed by atoms with Crippen LogP contribution in [0.4, 0.5) is 0 Å². The van der Waals surface area contributed by atoms with Crippen molar-refractivity contribution in [1.82, 2.24) is 10.2 Å². The van der Waals surface area contributed by atoms with E-state index in [1.54, 1.807) is 0 Å². The highest BCUT2D eigenvalue weighted by Gasteiger charge is 2.41. The molecule has 0 amide bonds. The Kier molecular flexibility index (Phi) is 3.91. The molecule has 0 aromatic heterocycles. The summed E-state index contributed by atoms with van der Waals surface area (Å²) in [6, 6.07) is 1.50. The minimum Gasteiger partial charge on any atom is -0.312 e. The fraction of sp³-hybridized carbons (Fsp3) is 1.00. The molecule has 1 heterocycles. The summed E-state index contributed by atoms with van der Waals surface area (Å²) < 4.78 is 0. The fourth-order valence-electron chi connectivity index (χ4n) is 3.71. The molecule has 94 valence electrons. The van der Waals surface area contributed by atoms with Gasteiger partial charge in [0.05, 0.1) is 0 Å². The lowest BCUT2D eigenvalue weighted by atomic mass is 9.70. The van der Waals surface area contributed by atoms with E-state index in [0.717, 1.165) is 12.6 Å². The maximum absolute atomic E-state index is 3.76. The molecule has 2 heteroatoms. The maximum atomic E-state index is 3.76. The first-order valence-corrected chi connectivity index (χ1v) is 7.12. The van der Waals surface area contributed by atoms with Crippen molar-refractivity contribution in [3.05, 3.63) is 0 Å². The number of likely N-dealkylation sites (N-methyl/N-ethyl adjacent to an activating group) is 1. The molecule has 1 aliphatic carbocycles. The van der Waals surface area contributed by atoms with Crippen LogP contribution in [0.25, 0.3) is 0 Å². The summed E-state index contributed by atoms with van der Waals surface area (Å²) in [5.74, 6) is 0. The summed E-state index contributed by atoms with van der Waals surface area (Å²) in [6.45, 7) is 10.9. The van der Waals surface area contributed by atoms with Gasteiger partial charge in [-0.15, -0.1) is 0 Å². The Balaban J connectivity index is 2.07. The summed E-state index contributed by atoms with van der Waals surface area (Å²) in [5.41, 5.74) is 0.474. The van der Waals surface area contributed by atoms with Gasteiger partial charge in [-0.25, -0.2) is 0 Å². The Labute approximate surface area is 101 Å². The number of hydrogen-bond acceptors (Lipinski definition) is 2. The molecule has 1 saturated carbocycles. The predicted molar refractivity (Wildman–Crippen MR) is 69.7 cm³/mol. The molecule has 0 aromatic carbocycles. The largest absolute Gasteiger partial charge is 0.312 e. The molecule has 2 rings (SSSR count). The number of rotatable bonds is 3.